The molecule has 0 fully saturated rings. The second-order valence-corrected chi connectivity index (χ2v) is 9.12. The fourth-order valence-corrected chi connectivity index (χ4v) is 4.27. The van der Waals surface area contributed by atoms with Crippen LogP contribution in [0.5, 0.6) is 0 Å². The Balaban J connectivity index is 2.06. The van der Waals surface area contributed by atoms with Crippen LogP contribution in [0.25, 0.3) is 11.2 Å². The van der Waals surface area contributed by atoms with E-state index in [2.05, 4.69) is 17.2 Å². The van der Waals surface area contributed by atoms with Crippen LogP contribution in [0.15, 0.2) is 15.9 Å². The van der Waals surface area contributed by atoms with Gasteiger partial charge in [-0.15, -0.1) is 0 Å². The van der Waals surface area contributed by atoms with Crippen LogP contribution < -0.4 is 16.6 Å². The molecule has 32 heavy (non-hydrogen) atoms. The Morgan fingerprint density at radius 1 is 0.969 bits per heavy atom. The molecule has 0 amide bonds. The number of aryl methyl sites for hydroxylation is 2. The number of nitrogens with zero attached hydrogens (tertiary/aromatic N) is 4. The van der Waals surface area contributed by atoms with Crippen molar-refractivity contribution in [3.8, 4) is 0 Å². The van der Waals surface area contributed by atoms with Crippen molar-refractivity contribution in [2.24, 2.45) is 14.1 Å². The van der Waals surface area contributed by atoms with Gasteiger partial charge in [0.05, 0.1) is 18.6 Å². The zero-order chi connectivity index (χ0) is 23.5. The van der Waals surface area contributed by atoms with E-state index in [0.717, 1.165) is 70.8 Å². The Bertz CT molecular complexity index is 928. The standard InChI is InChI=1S/C24H43N5O3/c1-5-6-7-14-17-25-20(16-13-11-9-8-10-12-15-19(2)30)29-23(31)21-22(26-18-27(21)3)28(4)24(29)32/h18-20,25,30H,5-17H2,1-4H3. The molecule has 0 bridgehead atoms. The molecule has 8 nitrogen and oxygen atoms in total. The minimum Gasteiger partial charge on any atom is -0.393 e. The predicted octanol–water partition coefficient (Wildman–Crippen LogP) is 3.60. The maximum Gasteiger partial charge on any atom is 0.333 e. The van der Waals surface area contributed by atoms with Crippen LogP contribution in [0.2, 0.25) is 0 Å². The third kappa shape index (κ3) is 7.30. The number of aromatic nitrogens is 4. The molecule has 2 N–H and O–H groups in total. The summed E-state index contributed by atoms with van der Waals surface area (Å²) in [6.45, 7) is 4.82. The van der Waals surface area contributed by atoms with E-state index in [1.54, 1.807) is 25.0 Å². The Labute approximate surface area is 191 Å². The predicted molar refractivity (Wildman–Crippen MR) is 130 cm³/mol. The van der Waals surface area contributed by atoms with Gasteiger partial charge in [0.1, 0.15) is 0 Å². The number of fused-ring (bicyclic) bond motifs is 1. The van der Waals surface area contributed by atoms with Gasteiger partial charge in [-0.3, -0.25) is 14.7 Å². The first-order valence-corrected chi connectivity index (χ1v) is 12.4. The van der Waals surface area contributed by atoms with Gasteiger partial charge in [0.15, 0.2) is 11.2 Å². The van der Waals surface area contributed by atoms with Gasteiger partial charge < -0.3 is 9.67 Å². The first-order chi connectivity index (χ1) is 15.4. The quantitative estimate of drug-likeness (QED) is 0.382. The lowest BCUT2D eigenvalue weighted by atomic mass is 10.1. The number of imidazole rings is 1. The van der Waals surface area contributed by atoms with Crippen molar-refractivity contribution in [3.05, 3.63) is 27.2 Å². The molecule has 182 valence electrons. The molecule has 0 aliphatic carbocycles. The van der Waals surface area contributed by atoms with Crippen molar-refractivity contribution in [1.29, 1.82) is 0 Å². The molecule has 2 rings (SSSR count). The van der Waals surface area contributed by atoms with E-state index in [1.165, 1.54) is 22.0 Å². The number of hydrogen-bond acceptors (Lipinski definition) is 5. The van der Waals surface area contributed by atoms with E-state index in [0.29, 0.717) is 11.2 Å². The summed E-state index contributed by atoms with van der Waals surface area (Å²) in [6.07, 6.45) is 13.8. The van der Waals surface area contributed by atoms with E-state index in [1.807, 2.05) is 6.92 Å². The SMILES string of the molecule is CCCCCCNC(CCCCCCCCC(C)O)n1c(=O)c2c(ncn2C)n(C)c1=O. The molecule has 2 unspecified atom stereocenters. The molecule has 0 spiro atoms. The Morgan fingerprint density at radius 3 is 2.25 bits per heavy atom. The van der Waals surface area contributed by atoms with E-state index in [4.69, 9.17) is 0 Å². The van der Waals surface area contributed by atoms with Gasteiger partial charge in [0.2, 0.25) is 0 Å². The monoisotopic (exact) mass is 449 g/mol. The molecular weight excluding hydrogens is 406 g/mol. The lowest BCUT2D eigenvalue weighted by Gasteiger charge is -2.22. The summed E-state index contributed by atoms with van der Waals surface area (Å²) >= 11 is 0. The van der Waals surface area contributed by atoms with Gasteiger partial charge in [-0.25, -0.2) is 14.3 Å². The Morgan fingerprint density at radius 2 is 1.59 bits per heavy atom. The molecule has 0 saturated heterocycles. The highest BCUT2D eigenvalue weighted by molar-refractivity contribution is 5.69. The number of nitrogens with one attached hydrogen (secondary N) is 1. The largest absolute Gasteiger partial charge is 0.393 e. The fourth-order valence-electron chi connectivity index (χ4n) is 4.27. The van der Waals surface area contributed by atoms with Gasteiger partial charge in [-0.1, -0.05) is 64.7 Å². The number of hydrogen-bond donors (Lipinski definition) is 2. The molecule has 0 saturated carbocycles. The van der Waals surface area contributed by atoms with E-state index < -0.39 is 0 Å². The molecule has 2 aromatic heterocycles. The van der Waals surface area contributed by atoms with Crippen LogP contribution in [0.1, 0.15) is 97.1 Å². The zero-order valence-electron chi connectivity index (χ0n) is 20.5. The summed E-state index contributed by atoms with van der Waals surface area (Å²) in [7, 11) is 3.47. The van der Waals surface area contributed by atoms with E-state index >= 15 is 0 Å². The molecule has 0 aromatic carbocycles. The van der Waals surface area contributed by atoms with Crippen LogP contribution in [0, 0.1) is 0 Å². The van der Waals surface area contributed by atoms with Gasteiger partial charge in [-0.05, 0) is 32.7 Å². The van der Waals surface area contributed by atoms with Gasteiger partial charge in [0, 0.05) is 14.1 Å². The Hall–Kier alpha value is -1.93. The maximum absolute atomic E-state index is 13.3. The first-order valence-electron chi connectivity index (χ1n) is 12.4. The van der Waals surface area contributed by atoms with Crippen LogP contribution in [0.4, 0.5) is 0 Å². The van der Waals surface area contributed by atoms with Crippen molar-refractivity contribution in [3.63, 3.8) is 0 Å². The summed E-state index contributed by atoms with van der Waals surface area (Å²) in [6, 6.07) is 0. The molecule has 0 aliphatic rings. The average Bonchev–Trinajstić information content (AvgIpc) is 3.15. The van der Waals surface area contributed by atoms with E-state index in [-0.39, 0.29) is 23.5 Å². The van der Waals surface area contributed by atoms with Crippen molar-refractivity contribution in [1.82, 2.24) is 24.0 Å². The van der Waals surface area contributed by atoms with Crippen LogP contribution in [-0.2, 0) is 14.1 Å². The lowest BCUT2D eigenvalue weighted by Crippen LogP contribution is -2.46. The minimum atomic E-state index is -0.314. The zero-order valence-corrected chi connectivity index (χ0v) is 20.5. The summed E-state index contributed by atoms with van der Waals surface area (Å²) in [5, 5.41) is 12.8. The molecule has 0 radical (unpaired) electrons. The highest BCUT2D eigenvalue weighted by atomic mass is 16.3. The first kappa shape index (κ1) is 26.3. The third-order valence-corrected chi connectivity index (χ3v) is 6.22. The summed E-state index contributed by atoms with van der Waals surface area (Å²) in [4.78, 5) is 30.6. The number of unbranched alkanes of at least 4 members (excludes halogenated alkanes) is 8. The van der Waals surface area contributed by atoms with Gasteiger partial charge >= 0.3 is 5.69 Å². The van der Waals surface area contributed by atoms with Crippen molar-refractivity contribution >= 4 is 11.2 Å². The Kier molecular flexibility index (Phi) is 11.2. The second-order valence-electron chi connectivity index (χ2n) is 9.12. The molecule has 8 heteroatoms. The molecule has 2 heterocycles. The molecular formula is C24H43N5O3. The van der Waals surface area contributed by atoms with Crippen molar-refractivity contribution in [2.45, 2.75) is 103 Å². The highest BCUT2D eigenvalue weighted by Crippen LogP contribution is 2.15. The van der Waals surface area contributed by atoms with E-state index in [9.17, 15) is 14.7 Å². The smallest absolute Gasteiger partial charge is 0.333 e. The number of aliphatic hydroxyl groups is 1. The summed E-state index contributed by atoms with van der Waals surface area (Å²) < 4.78 is 4.57. The highest BCUT2D eigenvalue weighted by Gasteiger charge is 2.21. The fraction of sp³-hybridized carbons (Fsp3) is 0.792. The molecule has 0 aliphatic heterocycles. The number of rotatable bonds is 16. The lowest BCUT2D eigenvalue weighted by molar-refractivity contribution is 0.180. The average molecular weight is 450 g/mol. The summed E-state index contributed by atoms with van der Waals surface area (Å²) in [5.41, 5.74) is 0.304. The maximum atomic E-state index is 13.3. The molecule has 2 aromatic rings. The van der Waals surface area contributed by atoms with Crippen LogP contribution >= 0.6 is 0 Å². The topological polar surface area (TPSA) is 94.1 Å². The van der Waals surface area contributed by atoms with Crippen LogP contribution in [0.3, 0.4) is 0 Å². The summed E-state index contributed by atoms with van der Waals surface area (Å²) in [5.74, 6) is 0. The van der Waals surface area contributed by atoms with Gasteiger partial charge in [-0.2, -0.15) is 0 Å². The number of aliphatic hydroxyl groups excluding tert-OH is 1. The normalized spacial score (nSPS) is 13.7. The minimum absolute atomic E-state index is 0.211. The van der Waals surface area contributed by atoms with Crippen molar-refractivity contribution in [2.75, 3.05) is 6.54 Å². The third-order valence-electron chi connectivity index (χ3n) is 6.22. The van der Waals surface area contributed by atoms with Crippen LogP contribution in [-0.4, -0.2) is 36.4 Å². The second kappa shape index (κ2) is 13.6. The van der Waals surface area contributed by atoms with Crippen molar-refractivity contribution < 1.29 is 5.11 Å². The molecule has 2 atom stereocenters. The van der Waals surface area contributed by atoms with Gasteiger partial charge in [0.25, 0.3) is 5.56 Å².